The van der Waals surface area contributed by atoms with Crippen LogP contribution in [0.1, 0.15) is 16.1 Å². The molecule has 0 aliphatic carbocycles. The van der Waals surface area contributed by atoms with Gasteiger partial charge in [0.15, 0.2) is 0 Å². The number of amides is 1. The zero-order chi connectivity index (χ0) is 18.7. The van der Waals surface area contributed by atoms with Gasteiger partial charge in [-0.3, -0.25) is 4.79 Å². The molecule has 1 aromatic heterocycles. The van der Waals surface area contributed by atoms with Crippen molar-refractivity contribution in [3.05, 3.63) is 70.0 Å². The van der Waals surface area contributed by atoms with E-state index in [0.29, 0.717) is 11.3 Å². The third kappa shape index (κ3) is 4.49. The fraction of sp³-hybridized carbons (Fsp3) is 0.158. The molecule has 0 atom stereocenters. The van der Waals surface area contributed by atoms with Crippen LogP contribution in [0.5, 0.6) is 0 Å². The van der Waals surface area contributed by atoms with Crippen LogP contribution in [0.3, 0.4) is 0 Å². The Kier molecular flexibility index (Phi) is 5.08. The minimum atomic E-state index is -4.42. The van der Waals surface area contributed by atoms with Crippen LogP contribution < -0.4 is 5.32 Å². The molecule has 0 aliphatic heterocycles. The largest absolute Gasteiger partial charge is 0.416 e. The van der Waals surface area contributed by atoms with Gasteiger partial charge in [0.25, 0.3) is 0 Å². The molecule has 1 heterocycles. The van der Waals surface area contributed by atoms with Crippen LogP contribution >= 0.6 is 11.3 Å². The van der Waals surface area contributed by atoms with Crippen molar-refractivity contribution < 1.29 is 18.0 Å². The molecule has 0 saturated heterocycles. The van der Waals surface area contributed by atoms with Gasteiger partial charge in [0.1, 0.15) is 0 Å². The van der Waals surface area contributed by atoms with Crippen molar-refractivity contribution in [3.63, 3.8) is 0 Å². The fourth-order valence-electron chi connectivity index (χ4n) is 2.50. The summed E-state index contributed by atoms with van der Waals surface area (Å²) < 4.78 is 38.3. The first kappa shape index (κ1) is 18.1. The molecular formula is C19H15F3N2OS. The molecular weight excluding hydrogens is 361 g/mol. The highest BCUT2D eigenvalue weighted by molar-refractivity contribution is 7.09. The Balaban J connectivity index is 1.71. The maximum absolute atomic E-state index is 12.8. The Labute approximate surface area is 152 Å². The highest BCUT2D eigenvalue weighted by Gasteiger charge is 2.30. The molecule has 0 aliphatic rings. The van der Waals surface area contributed by atoms with Crippen LogP contribution in [-0.2, 0) is 17.4 Å². The summed E-state index contributed by atoms with van der Waals surface area (Å²) in [7, 11) is 0. The van der Waals surface area contributed by atoms with E-state index in [4.69, 9.17) is 0 Å². The summed E-state index contributed by atoms with van der Waals surface area (Å²) in [6.45, 7) is 1.91. The minimum Gasteiger partial charge on any atom is -0.326 e. The average molecular weight is 376 g/mol. The Morgan fingerprint density at radius 2 is 1.92 bits per heavy atom. The number of carbonyl (C=O) groups excluding carboxylic acids is 1. The molecule has 0 fully saturated rings. The Bertz CT molecular complexity index is 934. The quantitative estimate of drug-likeness (QED) is 0.670. The normalized spacial score (nSPS) is 11.4. The number of rotatable bonds is 4. The van der Waals surface area contributed by atoms with Gasteiger partial charge in [-0.15, -0.1) is 11.3 Å². The monoisotopic (exact) mass is 376 g/mol. The topological polar surface area (TPSA) is 42.0 Å². The lowest BCUT2D eigenvalue weighted by Crippen LogP contribution is -2.15. The van der Waals surface area contributed by atoms with Crippen molar-refractivity contribution in [1.29, 1.82) is 0 Å². The predicted molar refractivity (Wildman–Crippen MR) is 96.1 cm³/mol. The zero-order valence-corrected chi connectivity index (χ0v) is 14.6. The van der Waals surface area contributed by atoms with Gasteiger partial charge in [0.2, 0.25) is 5.91 Å². The van der Waals surface area contributed by atoms with Crippen molar-refractivity contribution in [3.8, 4) is 11.3 Å². The molecule has 2 aromatic carbocycles. The van der Waals surface area contributed by atoms with Gasteiger partial charge in [-0.05, 0) is 30.7 Å². The van der Waals surface area contributed by atoms with Gasteiger partial charge in [-0.25, -0.2) is 4.98 Å². The Morgan fingerprint density at radius 3 is 2.62 bits per heavy atom. The van der Waals surface area contributed by atoms with E-state index in [1.54, 1.807) is 18.2 Å². The van der Waals surface area contributed by atoms with Crippen molar-refractivity contribution in [2.75, 3.05) is 5.32 Å². The lowest BCUT2D eigenvalue weighted by molar-refractivity contribution is -0.137. The van der Waals surface area contributed by atoms with E-state index in [9.17, 15) is 18.0 Å². The lowest BCUT2D eigenvalue weighted by Gasteiger charge is -2.09. The van der Waals surface area contributed by atoms with E-state index in [2.05, 4.69) is 10.3 Å². The first-order valence-corrected chi connectivity index (χ1v) is 8.68. The van der Waals surface area contributed by atoms with E-state index >= 15 is 0 Å². The molecule has 7 heteroatoms. The summed E-state index contributed by atoms with van der Waals surface area (Å²) in [5, 5.41) is 5.59. The molecule has 0 spiro atoms. The second kappa shape index (κ2) is 7.29. The van der Waals surface area contributed by atoms with Crippen LogP contribution in [0, 0.1) is 6.92 Å². The van der Waals surface area contributed by atoms with E-state index in [1.165, 1.54) is 23.5 Å². The summed E-state index contributed by atoms with van der Waals surface area (Å²) in [4.78, 5) is 16.6. The molecule has 0 bridgehead atoms. The number of nitrogens with zero attached hydrogens (tertiary/aromatic N) is 1. The lowest BCUT2D eigenvalue weighted by atomic mass is 10.1. The summed E-state index contributed by atoms with van der Waals surface area (Å²) in [5.74, 6) is -0.379. The van der Waals surface area contributed by atoms with Gasteiger partial charge in [-0.1, -0.05) is 30.3 Å². The summed E-state index contributed by atoms with van der Waals surface area (Å²) in [6, 6.07) is 12.0. The number of carbonyl (C=O) groups is 1. The number of nitrogens with one attached hydrogen (secondary N) is 1. The SMILES string of the molecule is Cc1nc(-c2cccc(NC(=O)Cc3cccc(C(F)(F)F)c3)c2)cs1. The molecule has 3 aromatic rings. The van der Waals surface area contributed by atoms with Crippen LogP contribution in [0.15, 0.2) is 53.9 Å². The summed E-state index contributed by atoms with van der Waals surface area (Å²) in [5.41, 5.74) is 1.81. The fourth-order valence-corrected chi connectivity index (χ4v) is 3.12. The maximum atomic E-state index is 12.8. The second-order valence-corrected chi connectivity index (χ2v) is 6.82. The molecule has 0 saturated carbocycles. The molecule has 1 amide bonds. The standard InChI is InChI=1S/C19H15F3N2OS/c1-12-23-17(11-26-12)14-5-3-7-16(10-14)24-18(25)9-13-4-2-6-15(8-13)19(20,21)22/h2-8,10-11H,9H2,1H3,(H,24,25). The van der Waals surface area contributed by atoms with Crippen LogP contribution in [-0.4, -0.2) is 10.9 Å². The van der Waals surface area contributed by atoms with Gasteiger partial charge in [0.05, 0.1) is 22.7 Å². The number of aryl methyl sites for hydroxylation is 1. The number of hydrogen-bond donors (Lipinski definition) is 1. The van der Waals surface area contributed by atoms with Crippen molar-refractivity contribution >= 4 is 22.9 Å². The summed E-state index contributed by atoms with van der Waals surface area (Å²) in [6.07, 6.45) is -4.56. The van der Waals surface area contributed by atoms with Crippen LogP contribution in [0.2, 0.25) is 0 Å². The van der Waals surface area contributed by atoms with Crippen LogP contribution in [0.4, 0.5) is 18.9 Å². The van der Waals surface area contributed by atoms with Crippen molar-refractivity contribution in [1.82, 2.24) is 4.98 Å². The predicted octanol–water partition coefficient (Wildman–Crippen LogP) is 5.32. The highest BCUT2D eigenvalue weighted by atomic mass is 32.1. The second-order valence-electron chi connectivity index (χ2n) is 5.76. The third-order valence-electron chi connectivity index (χ3n) is 3.68. The van der Waals surface area contributed by atoms with Crippen molar-refractivity contribution in [2.45, 2.75) is 19.5 Å². The van der Waals surface area contributed by atoms with Gasteiger partial charge in [-0.2, -0.15) is 13.2 Å². The highest BCUT2D eigenvalue weighted by Crippen LogP contribution is 2.29. The Hall–Kier alpha value is -2.67. The smallest absolute Gasteiger partial charge is 0.326 e. The Morgan fingerprint density at radius 1 is 1.15 bits per heavy atom. The van der Waals surface area contributed by atoms with E-state index in [-0.39, 0.29) is 12.3 Å². The van der Waals surface area contributed by atoms with E-state index in [0.717, 1.165) is 28.4 Å². The molecule has 0 radical (unpaired) electrons. The molecule has 1 N–H and O–H groups in total. The van der Waals surface area contributed by atoms with Gasteiger partial charge >= 0.3 is 6.18 Å². The first-order chi connectivity index (χ1) is 12.3. The number of hydrogen-bond acceptors (Lipinski definition) is 3. The first-order valence-electron chi connectivity index (χ1n) is 7.80. The molecule has 3 nitrogen and oxygen atoms in total. The zero-order valence-electron chi connectivity index (χ0n) is 13.8. The molecule has 26 heavy (non-hydrogen) atoms. The summed E-state index contributed by atoms with van der Waals surface area (Å²) >= 11 is 1.53. The number of benzene rings is 2. The van der Waals surface area contributed by atoms with Gasteiger partial charge in [0, 0.05) is 16.6 Å². The van der Waals surface area contributed by atoms with Gasteiger partial charge < -0.3 is 5.32 Å². The van der Waals surface area contributed by atoms with Crippen LogP contribution in [0.25, 0.3) is 11.3 Å². The molecule has 134 valence electrons. The molecule has 3 rings (SSSR count). The van der Waals surface area contributed by atoms with Crippen molar-refractivity contribution in [2.24, 2.45) is 0 Å². The number of thiazole rings is 1. The van der Waals surface area contributed by atoms with E-state index in [1.807, 2.05) is 18.4 Å². The number of anilines is 1. The third-order valence-corrected chi connectivity index (χ3v) is 4.45. The minimum absolute atomic E-state index is 0.135. The maximum Gasteiger partial charge on any atom is 0.416 e. The molecule has 0 unspecified atom stereocenters. The van der Waals surface area contributed by atoms with E-state index < -0.39 is 11.7 Å². The number of halogens is 3. The number of alkyl halides is 3. The average Bonchev–Trinajstić information content (AvgIpc) is 3.01. The number of aromatic nitrogens is 1.